The van der Waals surface area contributed by atoms with Crippen LogP contribution in [0.1, 0.15) is 52.1 Å². The molecule has 0 amide bonds. The van der Waals surface area contributed by atoms with E-state index in [9.17, 15) is 0 Å². The number of hydrogen-bond acceptors (Lipinski definition) is 2. The molecule has 3 heteroatoms. The van der Waals surface area contributed by atoms with Gasteiger partial charge in [0.05, 0.1) is 6.10 Å². The van der Waals surface area contributed by atoms with Crippen LogP contribution in [0.15, 0.2) is 24.3 Å². The van der Waals surface area contributed by atoms with Crippen molar-refractivity contribution in [2.45, 2.75) is 58.7 Å². The summed E-state index contributed by atoms with van der Waals surface area (Å²) in [5, 5.41) is 4.55. The first-order chi connectivity index (χ1) is 9.51. The van der Waals surface area contributed by atoms with Gasteiger partial charge in [0.2, 0.25) is 0 Å². The molecule has 1 N–H and O–H groups in total. The van der Waals surface area contributed by atoms with Gasteiger partial charge in [0.15, 0.2) is 0 Å². The van der Waals surface area contributed by atoms with Crippen molar-refractivity contribution in [1.82, 2.24) is 5.32 Å². The highest BCUT2D eigenvalue weighted by Crippen LogP contribution is 2.46. The predicted molar refractivity (Wildman–Crippen MR) is 85.2 cm³/mol. The van der Waals surface area contributed by atoms with Crippen molar-refractivity contribution in [2.24, 2.45) is 5.41 Å². The quantitative estimate of drug-likeness (QED) is 0.829. The van der Waals surface area contributed by atoms with Crippen LogP contribution in [0, 0.1) is 5.41 Å². The molecule has 1 saturated carbocycles. The minimum absolute atomic E-state index is 0.247. The van der Waals surface area contributed by atoms with E-state index in [1.54, 1.807) is 0 Å². The van der Waals surface area contributed by atoms with Crippen molar-refractivity contribution < 1.29 is 4.74 Å². The predicted octanol–water partition coefficient (Wildman–Crippen LogP) is 4.58. The van der Waals surface area contributed by atoms with Gasteiger partial charge in [-0.1, -0.05) is 37.6 Å². The summed E-state index contributed by atoms with van der Waals surface area (Å²) in [7, 11) is 0. The second kappa shape index (κ2) is 6.46. The van der Waals surface area contributed by atoms with Crippen molar-refractivity contribution in [3.63, 3.8) is 0 Å². The zero-order valence-corrected chi connectivity index (χ0v) is 13.7. The summed E-state index contributed by atoms with van der Waals surface area (Å²) >= 11 is 5.95. The van der Waals surface area contributed by atoms with E-state index in [0.29, 0.717) is 18.2 Å². The van der Waals surface area contributed by atoms with Crippen molar-refractivity contribution in [2.75, 3.05) is 6.61 Å². The summed E-state index contributed by atoms with van der Waals surface area (Å²) in [4.78, 5) is 0. The number of hydrogen-bond donors (Lipinski definition) is 1. The molecule has 0 spiro atoms. The van der Waals surface area contributed by atoms with Gasteiger partial charge in [-0.3, -0.25) is 0 Å². The Bertz CT molecular complexity index is 433. The Balaban J connectivity index is 1.98. The fourth-order valence-electron chi connectivity index (χ4n) is 3.16. The summed E-state index contributed by atoms with van der Waals surface area (Å²) in [5.41, 5.74) is 1.53. The summed E-state index contributed by atoms with van der Waals surface area (Å²) in [6.07, 6.45) is 2.64. The molecule has 1 fully saturated rings. The lowest BCUT2D eigenvalue weighted by molar-refractivity contribution is -0.127. The van der Waals surface area contributed by atoms with Gasteiger partial charge >= 0.3 is 0 Å². The molecule has 112 valence electrons. The molecule has 0 aromatic heterocycles. The van der Waals surface area contributed by atoms with E-state index < -0.39 is 0 Å². The van der Waals surface area contributed by atoms with Gasteiger partial charge in [-0.25, -0.2) is 0 Å². The zero-order chi connectivity index (χ0) is 14.8. The number of rotatable bonds is 6. The van der Waals surface area contributed by atoms with E-state index in [1.165, 1.54) is 5.56 Å². The highest BCUT2D eigenvalue weighted by molar-refractivity contribution is 6.30. The lowest BCUT2D eigenvalue weighted by Gasteiger charge is -2.54. The maximum Gasteiger partial charge on any atom is 0.0658 e. The van der Waals surface area contributed by atoms with Gasteiger partial charge in [0, 0.05) is 29.1 Å². The smallest absolute Gasteiger partial charge is 0.0658 e. The SMILES string of the molecule is CCOC1CC(N[C@H](C)c2ccc(Cl)cc2)C1(C)CC. The third kappa shape index (κ3) is 3.03. The molecule has 20 heavy (non-hydrogen) atoms. The topological polar surface area (TPSA) is 21.3 Å². The number of nitrogens with one attached hydrogen (secondary N) is 1. The molecule has 2 rings (SSSR count). The van der Waals surface area contributed by atoms with Crippen LogP contribution in [0.2, 0.25) is 5.02 Å². The summed E-state index contributed by atoms with van der Waals surface area (Å²) in [6, 6.07) is 8.97. The molecule has 0 aliphatic heterocycles. The average molecular weight is 296 g/mol. The molecule has 0 radical (unpaired) electrons. The molecule has 2 nitrogen and oxygen atoms in total. The molecule has 1 aliphatic rings. The Morgan fingerprint density at radius 3 is 2.55 bits per heavy atom. The zero-order valence-electron chi connectivity index (χ0n) is 12.9. The van der Waals surface area contributed by atoms with Gasteiger partial charge in [0.1, 0.15) is 0 Å². The average Bonchev–Trinajstić information content (AvgIpc) is 2.45. The van der Waals surface area contributed by atoms with E-state index >= 15 is 0 Å². The number of benzene rings is 1. The molecule has 1 aromatic rings. The fourth-order valence-corrected chi connectivity index (χ4v) is 3.28. The Morgan fingerprint density at radius 2 is 2.00 bits per heavy atom. The minimum Gasteiger partial charge on any atom is -0.378 e. The normalized spacial score (nSPS) is 30.9. The van der Waals surface area contributed by atoms with E-state index in [2.05, 4.69) is 45.1 Å². The fraction of sp³-hybridized carbons (Fsp3) is 0.647. The van der Waals surface area contributed by atoms with Gasteiger partial charge in [-0.2, -0.15) is 0 Å². The van der Waals surface area contributed by atoms with Gasteiger partial charge < -0.3 is 10.1 Å². The van der Waals surface area contributed by atoms with E-state index in [-0.39, 0.29) is 5.41 Å². The first-order valence-electron chi connectivity index (χ1n) is 7.64. The van der Waals surface area contributed by atoms with Crippen LogP contribution in [0.25, 0.3) is 0 Å². The molecular formula is C17H26ClNO. The maximum atomic E-state index is 5.95. The summed E-state index contributed by atoms with van der Waals surface area (Å²) < 4.78 is 5.86. The molecule has 1 aromatic carbocycles. The molecule has 0 bridgehead atoms. The Morgan fingerprint density at radius 1 is 1.35 bits per heavy atom. The van der Waals surface area contributed by atoms with Crippen molar-refractivity contribution in [1.29, 1.82) is 0 Å². The van der Waals surface area contributed by atoms with Crippen molar-refractivity contribution in [3.05, 3.63) is 34.9 Å². The van der Waals surface area contributed by atoms with E-state index in [0.717, 1.165) is 24.5 Å². The lowest BCUT2D eigenvalue weighted by atomic mass is 9.61. The molecular weight excluding hydrogens is 270 g/mol. The molecule has 4 atom stereocenters. The van der Waals surface area contributed by atoms with Gasteiger partial charge in [-0.15, -0.1) is 0 Å². The van der Waals surface area contributed by atoms with Crippen LogP contribution in [-0.2, 0) is 4.74 Å². The Kier molecular flexibility index (Phi) is 5.11. The third-order valence-corrected chi connectivity index (χ3v) is 5.18. The van der Waals surface area contributed by atoms with Crippen molar-refractivity contribution in [3.8, 4) is 0 Å². The standard InChI is InChI=1S/C17H26ClNO/c1-5-17(4)15(11-16(17)20-6-2)19-12(3)13-7-9-14(18)10-8-13/h7-10,12,15-16,19H,5-6,11H2,1-4H3/t12-,15?,16?,17?/m1/s1. The second-order valence-electron chi connectivity index (χ2n) is 6.03. The summed E-state index contributed by atoms with van der Waals surface area (Å²) in [6.45, 7) is 9.69. The van der Waals surface area contributed by atoms with E-state index in [4.69, 9.17) is 16.3 Å². The minimum atomic E-state index is 0.247. The second-order valence-corrected chi connectivity index (χ2v) is 6.47. The largest absolute Gasteiger partial charge is 0.378 e. The summed E-state index contributed by atoms with van der Waals surface area (Å²) in [5.74, 6) is 0. The van der Waals surface area contributed by atoms with Crippen molar-refractivity contribution >= 4 is 11.6 Å². The Hall–Kier alpha value is -0.570. The van der Waals surface area contributed by atoms with Crippen LogP contribution in [-0.4, -0.2) is 18.8 Å². The van der Waals surface area contributed by atoms with Crippen LogP contribution < -0.4 is 5.32 Å². The van der Waals surface area contributed by atoms with Crippen LogP contribution in [0.4, 0.5) is 0 Å². The van der Waals surface area contributed by atoms with Crippen LogP contribution in [0.3, 0.4) is 0 Å². The van der Waals surface area contributed by atoms with E-state index in [1.807, 2.05) is 12.1 Å². The lowest BCUT2D eigenvalue weighted by Crippen LogP contribution is -2.62. The Labute approximate surface area is 127 Å². The number of ether oxygens (including phenoxy) is 1. The molecule has 1 aliphatic carbocycles. The maximum absolute atomic E-state index is 5.95. The third-order valence-electron chi connectivity index (χ3n) is 4.93. The first-order valence-corrected chi connectivity index (χ1v) is 8.02. The van der Waals surface area contributed by atoms with Crippen LogP contribution in [0.5, 0.6) is 0 Å². The van der Waals surface area contributed by atoms with Crippen LogP contribution >= 0.6 is 11.6 Å². The molecule has 3 unspecified atom stereocenters. The number of halogens is 1. The molecule has 0 heterocycles. The van der Waals surface area contributed by atoms with Gasteiger partial charge in [-0.05, 0) is 44.4 Å². The molecule has 0 saturated heterocycles. The highest BCUT2D eigenvalue weighted by Gasteiger charge is 2.51. The highest BCUT2D eigenvalue weighted by atomic mass is 35.5. The van der Waals surface area contributed by atoms with Gasteiger partial charge in [0.25, 0.3) is 0 Å². The first kappa shape index (κ1) is 15.8. The monoisotopic (exact) mass is 295 g/mol.